The van der Waals surface area contributed by atoms with Crippen molar-refractivity contribution in [3.8, 4) is 0 Å². The minimum Gasteiger partial charge on any atom is -0.394 e. The fraction of sp³-hybridized carbons (Fsp3) is 1.00. The second-order valence-electron chi connectivity index (χ2n) is 2.96. The molecule has 1 rings (SSSR count). The number of hydrogen-bond acceptors (Lipinski definition) is 4. The molecule has 0 aliphatic carbocycles. The van der Waals surface area contributed by atoms with Crippen LogP contribution in [0.5, 0.6) is 0 Å². The van der Waals surface area contributed by atoms with E-state index in [4.69, 9.17) is 9.84 Å². The largest absolute Gasteiger partial charge is 0.394 e. The molecule has 0 aromatic carbocycles. The first kappa shape index (κ1) is 8.93. The topological polar surface area (TPSA) is 69.9 Å². The van der Waals surface area contributed by atoms with Crippen LogP contribution in [0.4, 0.5) is 0 Å². The van der Waals surface area contributed by atoms with Gasteiger partial charge in [-0.25, -0.2) is 0 Å². The number of aliphatic hydroxyl groups is 3. The van der Waals surface area contributed by atoms with Crippen LogP contribution in [0.25, 0.3) is 0 Å². The summed E-state index contributed by atoms with van der Waals surface area (Å²) in [5.41, 5.74) is 0. The SMILES string of the molecule is C[C@H]1CC(O)C(O)C(CO)O1. The Morgan fingerprint density at radius 3 is 2.64 bits per heavy atom. The van der Waals surface area contributed by atoms with Gasteiger partial charge in [0.15, 0.2) is 0 Å². The number of aliphatic hydroxyl groups excluding tert-OH is 3. The van der Waals surface area contributed by atoms with Gasteiger partial charge in [-0.1, -0.05) is 0 Å². The predicted molar refractivity (Wildman–Crippen MR) is 38.1 cm³/mol. The maximum Gasteiger partial charge on any atom is 0.109 e. The van der Waals surface area contributed by atoms with Crippen molar-refractivity contribution in [2.75, 3.05) is 6.61 Å². The molecular weight excluding hydrogens is 148 g/mol. The molecule has 11 heavy (non-hydrogen) atoms. The maximum atomic E-state index is 9.22. The fourth-order valence-electron chi connectivity index (χ4n) is 1.31. The molecule has 3 unspecified atom stereocenters. The van der Waals surface area contributed by atoms with Crippen molar-refractivity contribution in [3.05, 3.63) is 0 Å². The molecular formula is C7H14O4. The van der Waals surface area contributed by atoms with Crippen molar-refractivity contribution in [3.63, 3.8) is 0 Å². The zero-order valence-electron chi connectivity index (χ0n) is 6.47. The van der Waals surface area contributed by atoms with Gasteiger partial charge in [-0.3, -0.25) is 0 Å². The van der Waals surface area contributed by atoms with Crippen molar-refractivity contribution in [1.82, 2.24) is 0 Å². The summed E-state index contributed by atoms with van der Waals surface area (Å²) in [7, 11) is 0. The molecule has 3 N–H and O–H groups in total. The highest BCUT2D eigenvalue weighted by Gasteiger charge is 2.34. The normalized spacial score (nSPS) is 45.8. The van der Waals surface area contributed by atoms with Crippen LogP contribution in [0.3, 0.4) is 0 Å². The summed E-state index contributed by atoms with van der Waals surface area (Å²) in [6, 6.07) is 0. The Labute approximate surface area is 65.4 Å². The average Bonchev–Trinajstić information content (AvgIpc) is 1.96. The van der Waals surface area contributed by atoms with E-state index in [-0.39, 0.29) is 12.7 Å². The van der Waals surface area contributed by atoms with Gasteiger partial charge in [0.1, 0.15) is 12.2 Å². The van der Waals surface area contributed by atoms with Gasteiger partial charge in [-0.2, -0.15) is 0 Å². The highest BCUT2D eigenvalue weighted by molar-refractivity contribution is 4.83. The monoisotopic (exact) mass is 162 g/mol. The maximum absolute atomic E-state index is 9.22. The van der Waals surface area contributed by atoms with Crippen LogP contribution in [-0.4, -0.2) is 46.3 Å². The first-order chi connectivity index (χ1) is 5.15. The van der Waals surface area contributed by atoms with Gasteiger partial charge in [-0.15, -0.1) is 0 Å². The zero-order chi connectivity index (χ0) is 8.43. The van der Waals surface area contributed by atoms with Gasteiger partial charge in [0.2, 0.25) is 0 Å². The molecule has 1 aliphatic heterocycles. The summed E-state index contributed by atoms with van der Waals surface area (Å²) in [6.45, 7) is 1.56. The van der Waals surface area contributed by atoms with Crippen molar-refractivity contribution >= 4 is 0 Å². The van der Waals surface area contributed by atoms with E-state index in [2.05, 4.69) is 0 Å². The predicted octanol–water partition coefficient (Wildman–Crippen LogP) is -1.12. The van der Waals surface area contributed by atoms with Crippen LogP contribution in [-0.2, 0) is 4.74 Å². The molecule has 66 valence electrons. The molecule has 0 aromatic rings. The lowest BCUT2D eigenvalue weighted by molar-refractivity contribution is -0.174. The van der Waals surface area contributed by atoms with E-state index in [1.807, 2.05) is 0 Å². The van der Waals surface area contributed by atoms with Crippen molar-refractivity contribution in [2.45, 2.75) is 37.8 Å². The van der Waals surface area contributed by atoms with E-state index in [0.29, 0.717) is 6.42 Å². The first-order valence-electron chi connectivity index (χ1n) is 3.77. The van der Waals surface area contributed by atoms with E-state index >= 15 is 0 Å². The quantitative estimate of drug-likeness (QED) is 0.456. The summed E-state index contributed by atoms with van der Waals surface area (Å²) in [5.74, 6) is 0. The van der Waals surface area contributed by atoms with Crippen LogP contribution in [0.2, 0.25) is 0 Å². The van der Waals surface area contributed by atoms with Gasteiger partial charge >= 0.3 is 0 Å². The van der Waals surface area contributed by atoms with Crippen LogP contribution in [0.1, 0.15) is 13.3 Å². The number of ether oxygens (including phenoxy) is 1. The smallest absolute Gasteiger partial charge is 0.109 e. The Morgan fingerprint density at radius 2 is 2.09 bits per heavy atom. The first-order valence-corrected chi connectivity index (χ1v) is 3.77. The van der Waals surface area contributed by atoms with Crippen molar-refractivity contribution in [2.24, 2.45) is 0 Å². The fourth-order valence-corrected chi connectivity index (χ4v) is 1.31. The lowest BCUT2D eigenvalue weighted by atomic mass is 9.99. The lowest BCUT2D eigenvalue weighted by Crippen LogP contribution is -2.49. The number of rotatable bonds is 1. The minimum atomic E-state index is -0.948. The van der Waals surface area contributed by atoms with Crippen LogP contribution in [0.15, 0.2) is 0 Å². The van der Waals surface area contributed by atoms with Gasteiger partial charge in [0.25, 0.3) is 0 Å². The van der Waals surface area contributed by atoms with Crippen LogP contribution in [0, 0.1) is 0 Å². The standard InChI is InChI=1S/C7H14O4/c1-4-2-5(9)7(10)6(3-8)11-4/h4-10H,2-3H2,1H3/t4-,5?,6?,7?/m0/s1. The molecule has 0 radical (unpaired) electrons. The Bertz CT molecular complexity index is 128. The Morgan fingerprint density at radius 1 is 1.45 bits per heavy atom. The zero-order valence-corrected chi connectivity index (χ0v) is 6.47. The average molecular weight is 162 g/mol. The van der Waals surface area contributed by atoms with Gasteiger partial charge in [0, 0.05) is 6.42 Å². The van der Waals surface area contributed by atoms with Gasteiger partial charge < -0.3 is 20.1 Å². The third-order valence-corrected chi connectivity index (χ3v) is 1.94. The highest BCUT2D eigenvalue weighted by atomic mass is 16.5. The molecule has 1 fully saturated rings. The summed E-state index contributed by atoms with van der Waals surface area (Å²) >= 11 is 0. The molecule has 1 saturated heterocycles. The molecule has 0 saturated carbocycles. The summed E-state index contributed by atoms with van der Waals surface area (Å²) in [4.78, 5) is 0. The Kier molecular flexibility index (Phi) is 2.84. The third-order valence-electron chi connectivity index (χ3n) is 1.94. The van der Waals surface area contributed by atoms with E-state index in [9.17, 15) is 10.2 Å². The van der Waals surface area contributed by atoms with Crippen LogP contribution >= 0.6 is 0 Å². The van der Waals surface area contributed by atoms with E-state index in [1.54, 1.807) is 6.92 Å². The van der Waals surface area contributed by atoms with Gasteiger partial charge in [-0.05, 0) is 6.92 Å². The second-order valence-corrected chi connectivity index (χ2v) is 2.96. The molecule has 0 aromatic heterocycles. The molecule has 4 atom stereocenters. The van der Waals surface area contributed by atoms with E-state index in [1.165, 1.54) is 0 Å². The summed E-state index contributed by atoms with van der Waals surface area (Å²) in [5, 5.41) is 27.1. The molecule has 0 amide bonds. The molecule has 1 heterocycles. The molecule has 1 aliphatic rings. The lowest BCUT2D eigenvalue weighted by Gasteiger charge is -2.34. The number of hydrogen-bond donors (Lipinski definition) is 3. The Hall–Kier alpha value is -0.160. The molecule has 0 spiro atoms. The van der Waals surface area contributed by atoms with Crippen molar-refractivity contribution in [1.29, 1.82) is 0 Å². The summed E-state index contributed by atoms with van der Waals surface area (Å²) in [6.07, 6.45) is -2.01. The van der Waals surface area contributed by atoms with E-state index in [0.717, 1.165) is 0 Å². The third kappa shape index (κ3) is 1.90. The summed E-state index contributed by atoms with van der Waals surface area (Å²) < 4.78 is 5.16. The highest BCUT2D eigenvalue weighted by Crippen LogP contribution is 2.19. The molecule has 4 heteroatoms. The molecule has 4 nitrogen and oxygen atoms in total. The van der Waals surface area contributed by atoms with Crippen molar-refractivity contribution < 1.29 is 20.1 Å². The molecule has 0 bridgehead atoms. The minimum absolute atomic E-state index is 0.0921. The second kappa shape index (κ2) is 3.49. The van der Waals surface area contributed by atoms with Crippen LogP contribution < -0.4 is 0 Å². The van der Waals surface area contributed by atoms with Gasteiger partial charge in [0.05, 0.1) is 18.8 Å². The van der Waals surface area contributed by atoms with E-state index < -0.39 is 18.3 Å². The Balaban J connectivity index is 2.51.